The number of halogens is 3. The van der Waals surface area contributed by atoms with Crippen LogP contribution in [0.1, 0.15) is 31.1 Å². The molecule has 6 nitrogen and oxygen atoms in total. The van der Waals surface area contributed by atoms with Gasteiger partial charge >= 0.3 is 12.3 Å². The summed E-state index contributed by atoms with van der Waals surface area (Å²) in [6.07, 6.45) is -5.18. The molecule has 2 aromatic rings. The van der Waals surface area contributed by atoms with Crippen molar-refractivity contribution >= 4 is 23.4 Å². The van der Waals surface area contributed by atoms with Gasteiger partial charge in [0.15, 0.2) is 6.61 Å². The van der Waals surface area contributed by atoms with Crippen LogP contribution in [0.3, 0.4) is 0 Å². The number of benzene rings is 2. The molecule has 0 heterocycles. The van der Waals surface area contributed by atoms with Crippen LogP contribution in [0, 0.1) is 0 Å². The van der Waals surface area contributed by atoms with Crippen molar-refractivity contribution in [2.75, 3.05) is 17.2 Å². The summed E-state index contributed by atoms with van der Waals surface area (Å²) >= 11 is 0. The fourth-order valence-electron chi connectivity index (χ4n) is 2.21. The van der Waals surface area contributed by atoms with E-state index >= 15 is 0 Å². The molecule has 29 heavy (non-hydrogen) atoms. The van der Waals surface area contributed by atoms with Crippen LogP contribution < -0.4 is 15.4 Å². The second kappa shape index (κ2) is 8.85. The van der Waals surface area contributed by atoms with Crippen molar-refractivity contribution in [1.82, 2.24) is 0 Å². The van der Waals surface area contributed by atoms with Gasteiger partial charge in [-0.3, -0.25) is 10.1 Å². The fourth-order valence-corrected chi connectivity index (χ4v) is 2.21. The quantitative estimate of drug-likeness (QED) is 0.708. The summed E-state index contributed by atoms with van der Waals surface area (Å²) in [6, 6.07) is 11.8. The molecule has 0 bridgehead atoms. The van der Waals surface area contributed by atoms with Crippen LogP contribution in [0.25, 0.3) is 0 Å². The van der Waals surface area contributed by atoms with Gasteiger partial charge in [-0.15, -0.1) is 0 Å². The smallest absolute Gasteiger partial charge is 0.422 e. The molecule has 0 atom stereocenters. The summed E-state index contributed by atoms with van der Waals surface area (Å²) in [4.78, 5) is 24.4. The lowest BCUT2D eigenvalue weighted by Gasteiger charge is -2.19. The van der Waals surface area contributed by atoms with Gasteiger partial charge in [0.25, 0.3) is 5.91 Å². The first kappa shape index (κ1) is 22.1. The highest BCUT2D eigenvalue weighted by Gasteiger charge is 2.29. The van der Waals surface area contributed by atoms with E-state index in [1.165, 1.54) is 30.3 Å². The molecule has 0 saturated carbocycles. The Labute approximate surface area is 166 Å². The van der Waals surface area contributed by atoms with Gasteiger partial charge in [0.1, 0.15) is 11.4 Å². The zero-order valence-corrected chi connectivity index (χ0v) is 16.1. The van der Waals surface area contributed by atoms with E-state index in [0.717, 1.165) is 0 Å². The Balaban J connectivity index is 2.09. The fraction of sp³-hybridized carbons (Fsp3) is 0.300. The first-order chi connectivity index (χ1) is 13.4. The number of rotatable bonds is 5. The van der Waals surface area contributed by atoms with E-state index in [2.05, 4.69) is 10.6 Å². The average Bonchev–Trinajstić information content (AvgIpc) is 2.58. The number of carbonyl (C=O) groups excluding carboxylic acids is 2. The summed E-state index contributed by atoms with van der Waals surface area (Å²) in [6.45, 7) is 3.67. The minimum atomic E-state index is -4.50. The Morgan fingerprint density at radius 3 is 2.31 bits per heavy atom. The zero-order valence-electron chi connectivity index (χ0n) is 16.1. The largest absolute Gasteiger partial charge is 0.482 e. The molecule has 2 amide bonds. The lowest BCUT2D eigenvalue weighted by atomic mass is 10.1. The SMILES string of the molecule is CC(C)(C)OC(=O)Nc1cccc(C(=O)Nc2ccccc2OCC(F)(F)F)c1. The number of para-hydroxylation sites is 2. The second-order valence-electron chi connectivity index (χ2n) is 7.06. The Morgan fingerprint density at radius 2 is 1.66 bits per heavy atom. The number of hydrogen-bond donors (Lipinski definition) is 2. The third kappa shape index (κ3) is 7.73. The Kier molecular flexibility index (Phi) is 6.73. The van der Waals surface area contributed by atoms with Crippen molar-refractivity contribution in [3.63, 3.8) is 0 Å². The number of carbonyl (C=O) groups is 2. The molecule has 2 N–H and O–H groups in total. The molecule has 156 valence electrons. The minimum Gasteiger partial charge on any atom is -0.482 e. The Hall–Kier alpha value is -3.23. The Morgan fingerprint density at radius 1 is 0.966 bits per heavy atom. The lowest BCUT2D eigenvalue weighted by molar-refractivity contribution is -0.153. The minimum absolute atomic E-state index is 0.0901. The van der Waals surface area contributed by atoms with Crippen LogP contribution in [0.4, 0.5) is 29.3 Å². The van der Waals surface area contributed by atoms with Gasteiger partial charge in [0, 0.05) is 11.3 Å². The van der Waals surface area contributed by atoms with E-state index in [1.54, 1.807) is 39.0 Å². The van der Waals surface area contributed by atoms with Crippen molar-refractivity contribution in [1.29, 1.82) is 0 Å². The highest BCUT2D eigenvalue weighted by atomic mass is 19.4. The molecule has 0 aliphatic heterocycles. The number of amides is 2. The van der Waals surface area contributed by atoms with E-state index in [1.807, 2.05) is 0 Å². The molecule has 9 heteroatoms. The van der Waals surface area contributed by atoms with Crippen LogP contribution >= 0.6 is 0 Å². The maximum Gasteiger partial charge on any atom is 0.422 e. The molecular weight excluding hydrogens is 389 g/mol. The molecule has 0 radical (unpaired) electrons. The highest BCUT2D eigenvalue weighted by Crippen LogP contribution is 2.27. The monoisotopic (exact) mass is 410 g/mol. The summed E-state index contributed by atoms with van der Waals surface area (Å²) in [5.41, 5.74) is -0.0796. The maximum absolute atomic E-state index is 12.5. The van der Waals surface area contributed by atoms with Gasteiger partial charge in [-0.05, 0) is 51.1 Å². The summed E-state index contributed by atoms with van der Waals surface area (Å²) in [7, 11) is 0. The molecule has 0 aromatic heterocycles. The zero-order chi connectivity index (χ0) is 21.7. The van der Waals surface area contributed by atoms with Crippen LogP contribution in [-0.2, 0) is 4.74 Å². The van der Waals surface area contributed by atoms with E-state index in [-0.39, 0.29) is 17.0 Å². The standard InChI is InChI=1S/C20H21F3N2O4/c1-19(2,3)29-18(27)24-14-8-6-7-13(11-14)17(26)25-15-9-4-5-10-16(15)28-12-20(21,22)23/h4-11H,12H2,1-3H3,(H,24,27)(H,25,26). The Bertz CT molecular complexity index is 877. The van der Waals surface area contributed by atoms with E-state index in [9.17, 15) is 22.8 Å². The third-order valence-electron chi connectivity index (χ3n) is 3.30. The van der Waals surface area contributed by atoms with Crippen LogP contribution in [0.15, 0.2) is 48.5 Å². The van der Waals surface area contributed by atoms with Gasteiger partial charge in [-0.1, -0.05) is 18.2 Å². The number of alkyl halides is 3. The highest BCUT2D eigenvalue weighted by molar-refractivity contribution is 6.05. The van der Waals surface area contributed by atoms with Gasteiger partial charge in [-0.2, -0.15) is 13.2 Å². The molecule has 0 unspecified atom stereocenters. The van der Waals surface area contributed by atoms with Crippen LogP contribution in [-0.4, -0.2) is 30.4 Å². The van der Waals surface area contributed by atoms with E-state index in [0.29, 0.717) is 5.69 Å². The topological polar surface area (TPSA) is 76.7 Å². The van der Waals surface area contributed by atoms with Crippen molar-refractivity contribution in [3.05, 3.63) is 54.1 Å². The van der Waals surface area contributed by atoms with Crippen molar-refractivity contribution in [3.8, 4) is 5.75 Å². The van der Waals surface area contributed by atoms with Crippen molar-refractivity contribution < 1.29 is 32.2 Å². The first-order valence-electron chi connectivity index (χ1n) is 8.63. The summed E-state index contributed by atoms with van der Waals surface area (Å²) in [5.74, 6) is -0.692. The number of nitrogens with one attached hydrogen (secondary N) is 2. The molecular formula is C20H21F3N2O4. The summed E-state index contributed by atoms with van der Waals surface area (Å²) < 4.78 is 47.1. The normalized spacial score (nSPS) is 11.5. The van der Waals surface area contributed by atoms with Gasteiger partial charge in [-0.25, -0.2) is 4.79 Å². The molecule has 0 aliphatic carbocycles. The maximum atomic E-state index is 12.5. The average molecular weight is 410 g/mol. The van der Waals surface area contributed by atoms with Crippen molar-refractivity contribution in [2.45, 2.75) is 32.5 Å². The van der Waals surface area contributed by atoms with Crippen LogP contribution in [0.2, 0.25) is 0 Å². The molecule has 0 saturated heterocycles. The molecule has 0 fully saturated rings. The van der Waals surface area contributed by atoms with Gasteiger partial charge < -0.3 is 14.8 Å². The van der Waals surface area contributed by atoms with Crippen LogP contribution in [0.5, 0.6) is 5.75 Å². The van der Waals surface area contributed by atoms with E-state index in [4.69, 9.17) is 9.47 Å². The predicted octanol–water partition coefficient (Wildman–Crippen LogP) is 5.23. The second-order valence-corrected chi connectivity index (χ2v) is 7.06. The van der Waals surface area contributed by atoms with Crippen molar-refractivity contribution in [2.24, 2.45) is 0 Å². The number of anilines is 2. The molecule has 0 spiro atoms. The molecule has 2 aromatic carbocycles. The first-order valence-corrected chi connectivity index (χ1v) is 8.63. The predicted molar refractivity (Wildman–Crippen MR) is 102 cm³/mol. The number of hydrogen-bond acceptors (Lipinski definition) is 4. The third-order valence-corrected chi connectivity index (χ3v) is 3.30. The van der Waals surface area contributed by atoms with Gasteiger partial charge in [0.2, 0.25) is 0 Å². The lowest BCUT2D eigenvalue weighted by Crippen LogP contribution is -2.27. The van der Waals surface area contributed by atoms with E-state index < -0.39 is 30.4 Å². The molecule has 2 rings (SSSR count). The summed E-state index contributed by atoms with van der Waals surface area (Å²) in [5, 5.41) is 5.02. The molecule has 0 aliphatic rings. The number of ether oxygens (including phenoxy) is 2. The van der Waals surface area contributed by atoms with Gasteiger partial charge in [0.05, 0.1) is 5.69 Å².